The van der Waals surface area contributed by atoms with Gasteiger partial charge in [-0.3, -0.25) is 9.78 Å². The molecule has 0 saturated heterocycles. The summed E-state index contributed by atoms with van der Waals surface area (Å²) in [6.07, 6.45) is 3.31. The Morgan fingerprint density at radius 2 is 1.89 bits per heavy atom. The molecule has 36 heavy (non-hydrogen) atoms. The molecule has 186 valence electrons. The Morgan fingerprint density at radius 1 is 1.08 bits per heavy atom. The molecule has 0 amide bonds. The van der Waals surface area contributed by atoms with Crippen LogP contribution in [0.1, 0.15) is 34.3 Å². The molecule has 0 radical (unpaired) electrons. The van der Waals surface area contributed by atoms with Gasteiger partial charge in [-0.05, 0) is 59.8 Å². The lowest BCUT2D eigenvalue weighted by Crippen LogP contribution is -2.38. The Morgan fingerprint density at radius 3 is 2.61 bits per heavy atom. The smallest absolute Gasteiger partial charge is 0.345 e. The van der Waals surface area contributed by atoms with Crippen molar-refractivity contribution in [3.63, 3.8) is 0 Å². The predicted octanol–water partition coefficient (Wildman–Crippen LogP) is 6.04. The van der Waals surface area contributed by atoms with Crippen LogP contribution in [-0.4, -0.2) is 34.7 Å². The fourth-order valence-corrected chi connectivity index (χ4v) is 6.10. The van der Waals surface area contributed by atoms with Crippen molar-refractivity contribution < 1.29 is 24.0 Å². The van der Waals surface area contributed by atoms with Crippen molar-refractivity contribution in [1.29, 1.82) is 0 Å². The maximum Gasteiger partial charge on any atom is 0.345 e. The number of rotatable bonds is 12. The number of pyridine rings is 1. The Hall–Kier alpha value is -3.32. The first kappa shape index (κ1) is 25.8. The molecule has 9 heteroatoms. The number of thiophene rings is 1. The van der Waals surface area contributed by atoms with Crippen molar-refractivity contribution in [2.24, 2.45) is 0 Å². The van der Waals surface area contributed by atoms with Crippen molar-refractivity contribution >= 4 is 41.7 Å². The van der Waals surface area contributed by atoms with Crippen LogP contribution in [0.4, 0.5) is 0 Å². The Labute approximate surface area is 215 Å². The largest absolute Gasteiger partial charge is 0.477 e. The molecule has 2 N–H and O–H groups in total. The summed E-state index contributed by atoms with van der Waals surface area (Å²) < 4.78 is 12.7. The number of carbonyl (C=O) groups is 2. The van der Waals surface area contributed by atoms with E-state index in [9.17, 15) is 14.7 Å². The molecule has 0 fully saturated rings. The molecule has 2 heterocycles. The molecule has 0 saturated carbocycles. The van der Waals surface area contributed by atoms with Crippen LogP contribution in [0.5, 0.6) is 5.75 Å². The van der Waals surface area contributed by atoms with Gasteiger partial charge >= 0.3 is 11.9 Å². The first-order chi connectivity index (χ1) is 17.5. The predicted molar refractivity (Wildman–Crippen MR) is 143 cm³/mol. The zero-order chi connectivity index (χ0) is 25.3. The number of para-hydroxylation sites is 1. The summed E-state index contributed by atoms with van der Waals surface area (Å²) in [6, 6.07) is 22.0. The van der Waals surface area contributed by atoms with Crippen molar-refractivity contribution in [2.45, 2.75) is 32.0 Å². The van der Waals surface area contributed by atoms with Gasteiger partial charge in [0.25, 0.3) is 0 Å². The zero-order valence-corrected chi connectivity index (χ0v) is 21.5. The number of carboxylic acid groups (broad SMARTS) is 1. The van der Waals surface area contributed by atoms with Crippen molar-refractivity contribution in [2.75, 3.05) is 6.61 Å². The molecule has 0 bridgehead atoms. The van der Waals surface area contributed by atoms with Gasteiger partial charge in [-0.15, -0.1) is 11.3 Å². The summed E-state index contributed by atoms with van der Waals surface area (Å²) in [7, 11) is -1.35. The summed E-state index contributed by atoms with van der Waals surface area (Å²) >= 11 is 1.25. The number of aromatic nitrogens is 1. The molecule has 4 rings (SSSR count). The minimum absolute atomic E-state index is 0.303. The summed E-state index contributed by atoms with van der Waals surface area (Å²) in [5.74, 6) is -0.581. The van der Waals surface area contributed by atoms with E-state index in [-0.39, 0.29) is 5.97 Å². The summed E-state index contributed by atoms with van der Waals surface area (Å²) in [5.41, 5.74) is 1.75. The normalized spacial score (nSPS) is 12.7. The Kier molecular flexibility index (Phi) is 9.01. The number of carboxylic acids is 1. The zero-order valence-electron chi connectivity index (χ0n) is 19.8. The molecule has 2 unspecified atom stereocenters. The van der Waals surface area contributed by atoms with E-state index in [1.165, 1.54) is 11.3 Å². The second-order valence-corrected chi connectivity index (χ2v) is 10.7. The monoisotopic (exact) mass is 522 g/mol. The Bertz CT molecular complexity index is 1300. The fraction of sp³-hybridized carbons (Fsp3) is 0.222. The first-order valence-electron chi connectivity index (χ1n) is 11.6. The minimum atomic E-state index is -1.35. The van der Waals surface area contributed by atoms with E-state index in [4.69, 9.17) is 9.26 Å². The van der Waals surface area contributed by atoms with Crippen LogP contribution in [-0.2, 0) is 22.1 Å². The van der Waals surface area contributed by atoms with E-state index in [2.05, 4.69) is 10.1 Å². The number of nitrogens with one attached hydrogen (secondary N) is 1. The van der Waals surface area contributed by atoms with Crippen LogP contribution in [0.2, 0.25) is 0 Å². The fourth-order valence-electron chi connectivity index (χ4n) is 3.56. The minimum Gasteiger partial charge on any atom is -0.477 e. The van der Waals surface area contributed by atoms with Gasteiger partial charge in [0.05, 0.1) is 6.61 Å². The molecular weight excluding hydrogens is 495 g/mol. The quantitative estimate of drug-likeness (QED) is 0.173. The molecule has 4 aromatic rings. The molecule has 0 aliphatic rings. The highest BCUT2D eigenvalue weighted by molar-refractivity contribution is 7.50. The van der Waals surface area contributed by atoms with Crippen LogP contribution < -0.4 is 9.61 Å². The number of esters is 1. The highest BCUT2D eigenvalue weighted by Crippen LogP contribution is 2.40. The van der Waals surface area contributed by atoms with Crippen molar-refractivity contribution in [3.8, 4) is 5.75 Å². The van der Waals surface area contributed by atoms with Gasteiger partial charge in [-0.1, -0.05) is 37.3 Å². The third-order valence-corrected chi connectivity index (χ3v) is 8.04. The van der Waals surface area contributed by atoms with Gasteiger partial charge in [0.1, 0.15) is 16.7 Å². The summed E-state index contributed by atoms with van der Waals surface area (Å²) in [5, 5.41) is 13.6. The maximum absolute atomic E-state index is 13.0. The van der Waals surface area contributed by atoms with Gasteiger partial charge in [-0.2, -0.15) is 0 Å². The van der Waals surface area contributed by atoms with Crippen LogP contribution in [0, 0.1) is 0 Å². The molecule has 0 spiro atoms. The van der Waals surface area contributed by atoms with E-state index < -0.39 is 20.3 Å². The lowest BCUT2D eigenvalue weighted by atomic mass is 10.1. The van der Waals surface area contributed by atoms with Gasteiger partial charge in [-0.25, -0.2) is 9.88 Å². The number of aromatic carboxylic acids is 1. The molecular formula is C27H27N2O5PS. The average Bonchev–Trinajstić information content (AvgIpc) is 3.32. The van der Waals surface area contributed by atoms with Gasteiger partial charge < -0.3 is 14.4 Å². The number of benzene rings is 2. The van der Waals surface area contributed by atoms with Crippen LogP contribution in [0.25, 0.3) is 10.1 Å². The standard InChI is InChI=1S/C27H27N2O5PS/c1-2-14-33-27(32)23(17-21-8-6-7-13-28-21)29-35(34-22-9-4-3-5-10-22)18-19-11-12-24-20(15-19)16-25(36-24)26(30)31/h3-13,15-16,23,29H,2,14,17-18H2,1H3,(H,30,31). The molecule has 0 aliphatic heterocycles. The van der Waals surface area contributed by atoms with E-state index in [1.54, 1.807) is 12.3 Å². The number of ether oxygens (including phenoxy) is 1. The lowest BCUT2D eigenvalue weighted by Gasteiger charge is -2.25. The second kappa shape index (κ2) is 12.6. The first-order valence-corrected chi connectivity index (χ1v) is 13.9. The molecule has 0 aliphatic carbocycles. The lowest BCUT2D eigenvalue weighted by molar-refractivity contribution is -0.145. The number of hydrogen-bond donors (Lipinski definition) is 2. The molecule has 7 nitrogen and oxygen atoms in total. The SMILES string of the molecule is CCCOC(=O)C(Cc1ccccn1)NP(Cc1ccc2sc(C(=O)O)cc2c1)Oc1ccccc1. The third-order valence-electron chi connectivity index (χ3n) is 5.25. The maximum atomic E-state index is 13.0. The van der Waals surface area contributed by atoms with E-state index in [0.717, 1.165) is 27.8 Å². The van der Waals surface area contributed by atoms with Crippen LogP contribution in [0.15, 0.2) is 79.0 Å². The highest BCUT2D eigenvalue weighted by Gasteiger charge is 2.26. The molecule has 2 atom stereocenters. The average molecular weight is 523 g/mol. The third kappa shape index (κ3) is 7.10. The second-order valence-electron chi connectivity index (χ2n) is 8.10. The van der Waals surface area contributed by atoms with E-state index in [1.807, 2.05) is 73.7 Å². The number of nitrogens with zero attached hydrogens (tertiary/aromatic N) is 1. The van der Waals surface area contributed by atoms with Crippen molar-refractivity contribution in [3.05, 3.63) is 95.1 Å². The number of hydrogen-bond acceptors (Lipinski definition) is 7. The highest BCUT2D eigenvalue weighted by atomic mass is 32.1. The number of carbonyl (C=O) groups excluding carboxylic acids is 1. The molecule has 2 aromatic carbocycles. The summed E-state index contributed by atoms with van der Waals surface area (Å²) in [4.78, 5) is 29.0. The molecule has 2 aromatic heterocycles. The summed E-state index contributed by atoms with van der Waals surface area (Å²) in [6.45, 7) is 2.30. The number of fused-ring (bicyclic) bond motifs is 1. The van der Waals surface area contributed by atoms with Gasteiger partial charge in [0.2, 0.25) is 0 Å². The van der Waals surface area contributed by atoms with E-state index >= 15 is 0 Å². The van der Waals surface area contributed by atoms with Crippen LogP contribution in [0.3, 0.4) is 0 Å². The van der Waals surface area contributed by atoms with Crippen LogP contribution >= 0.6 is 19.6 Å². The van der Waals surface area contributed by atoms with E-state index in [0.29, 0.717) is 29.8 Å². The Balaban J connectivity index is 1.59. The van der Waals surface area contributed by atoms with Gasteiger partial charge in [0.15, 0.2) is 8.30 Å². The van der Waals surface area contributed by atoms with Crippen molar-refractivity contribution in [1.82, 2.24) is 10.1 Å². The topological polar surface area (TPSA) is 97.8 Å². The van der Waals surface area contributed by atoms with Gasteiger partial charge in [0, 0.05) is 29.2 Å².